The average Bonchev–Trinajstić information content (AvgIpc) is 2.81. The Morgan fingerprint density at radius 3 is 2.50 bits per heavy atom. The lowest BCUT2D eigenvalue weighted by molar-refractivity contribution is 0.0943. The van der Waals surface area contributed by atoms with Gasteiger partial charge in [-0.1, -0.05) is 56.5 Å². The van der Waals surface area contributed by atoms with Crippen molar-refractivity contribution in [1.29, 1.82) is 0 Å². The summed E-state index contributed by atoms with van der Waals surface area (Å²) in [5, 5.41) is 6.48. The first kappa shape index (κ1) is 22.2. The molecule has 2 aromatic rings. The van der Waals surface area contributed by atoms with Crippen molar-refractivity contribution < 1.29 is 9.53 Å². The van der Waals surface area contributed by atoms with E-state index in [0.717, 1.165) is 30.1 Å². The Hall–Kier alpha value is -2.47. The molecule has 1 aromatic heterocycles. The number of nitrogens with one attached hydrogen (secondary N) is 2. The number of hydrogen-bond acceptors (Lipinski definition) is 4. The topological polar surface area (TPSA) is 63.2 Å². The predicted octanol–water partition coefficient (Wildman–Crippen LogP) is 4.67. The van der Waals surface area contributed by atoms with E-state index >= 15 is 0 Å². The fourth-order valence-corrected chi connectivity index (χ4v) is 4.20. The van der Waals surface area contributed by atoms with Crippen LogP contribution in [-0.4, -0.2) is 29.0 Å². The quantitative estimate of drug-likeness (QED) is 0.572. The van der Waals surface area contributed by atoms with Crippen molar-refractivity contribution >= 4 is 23.1 Å². The minimum absolute atomic E-state index is 0.111. The zero-order valence-electron chi connectivity index (χ0n) is 17.6. The Morgan fingerprint density at radius 2 is 1.83 bits per heavy atom. The smallest absolute Gasteiger partial charge is 0.251 e. The number of nitrogens with zero attached hydrogens (tertiary/aromatic N) is 1. The molecule has 30 heavy (non-hydrogen) atoms. The summed E-state index contributed by atoms with van der Waals surface area (Å²) in [6.07, 6.45) is 11.8. The average molecular weight is 426 g/mol. The summed E-state index contributed by atoms with van der Waals surface area (Å²) in [6.45, 7) is 0.619. The van der Waals surface area contributed by atoms with E-state index in [2.05, 4.69) is 15.6 Å². The second-order valence-electron chi connectivity index (χ2n) is 7.91. The molecular weight excluding hydrogens is 394 g/mol. The molecule has 0 radical (unpaired) electrons. The molecule has 6 heteroatoms. The van der Waals surface area contributed by atoms with Gasteiger partial charge in [0.05, 0.1) is 18.1 Å². The largest absolute Gasteiger partial charge is 0.497 e. The normalized spacial score (nSPS) is 15.2. The zero-order chi connectivity index (χ0) is 21.2. The molecule has 0 aliphatic heterocycles. The summed E-state index contributed by atoms with van der Waals surface area (Å²) in [5.41, 5.74) is 1.72. The lowest BCUT2D eigenvalue weighted by Gasteiger charge is -2.26. The summed E-state index contributed by atoms with van der Waals surface area (Å²) in [4.78, 5) is 17.4. The van der Waals surface area contributed by atoms with Crippen LogP contribution in [0.2, 0.25) is 0 Å². The first-order valence-corrected chi connectivity index (χ1v) is 11.2. The third-order valence-corrected chi connectivity index (χ3v) is 6.21. The number of aromatic nitrogens is 1. The summed E-state index contributed by atoms with van der Waals surface area (Å²) in [7, 11) is 1.66. The van der Waals surface area contributed by atoms with Crippen LogP contribution in [0.5, 0.6) is 5.75 Å². The van der Waals surface area contributed by atoms with Crippen LogP contribution in [0.3, 0.4) is 0 Å². The molecule has 160 valence electrons. The molecule has 1 fully saturated rings. The summed E-state index contributed by atoms with van der Waals surface area (Å²) in [5.74, 6) is 1.46. The fourth-order valence-electron chi connectivity index (χ4n) is 3.95. The monoisotopic (exact) mass is 425 g/mol. The maximum Gasteiger partial charge on any atom is 0.251 e. The van der Waals surface area contributed by atoms with Crippen LogP contribution >= 0.6 is 12.2 Å². The molecule has 1 amide bonds. The van der Waals surface area contributed by atoms with Crippen molar-refractivity contribution in [3.63, 3.8) is 0 Å². The van der Waals surface area contributed by atoms with Crippen LogP contribution in [0.25, 0.3) is 0 Å². The highest BCUT2D eigenvalue weighted by Crippen LogP contribution is 2.28. The maximum absolute atomic E-state index is 12.7. The van der Waals surface area contributed by atoms with E-state index in [9.17, 15) is 4.79 Å². The van der Waals surface area contributed by atoms with Gasteiger partial charge in [-0.25, -0.2) is 0 Å². The Morgan fingerprint density at radius 1 is 1.13 bits per heavy atom. The summed E-state index contributed by atoms with van der Waals surface area (Å²) < 4.78 is 5.21. The highest BCUT2D eigenvalue weighted by Gasteiger charge is 2.21. The number of amides is 1. The Balaban J connectivity index is 1.60. The summed E-state index contributed by atoms with van der Waals surface area (Å²) >= 11 is 5.70. The van der Waals surface area contributed by atoms with Crippen LogP contribution in [0, 0.1) is 5.92 Å². The van der Waals surface area contributed by atoms with E-state index < -0.39 is 0 Å². The Labute approximate surface area is 184 Å². The second-order valence-corrected chi connectivity index (χ2v) is 8.35. The van der Waals surface area contributed by atoms with Crippen LogP contribution in [0.4, 0.5) is 0 Å². The highest BCUT2D eigenvalue weighted by molar-refractivity contribution is 7.80. The van der Waals surface area contributed by atoms with Gasteiger partial charge in [0.15, 0.2) is 0 Å². The van der Waals surface area contributed by atoms with Gasteiger partial charge < -0.3 is 15.4 Å². The molecule has 1 aliphatic rings. The van der Waals surface area contributed by atoms with Crippen LogP contribution < -0.4 is 15.4 Å². The van der Waals surface area contributed by atoms with E-state index in [1.807, 2.05) is 24.3 Å². The van der Waals surface area contributed by atoms with Crippen molar-refractivity contribution in [3.05, 3.63) is 59.9 Å². The molecule has 0 saturated heterocycles. The lowest BCUT2D eigenvalue weighted by Crippen LogP contribution is -2.45. The molecule has 1 saturated carbocycles. The molecule has 0 spiro atoms. The second kappa shape index (κ2) is 11.6. The zero-order valence-corrected chi connectivity index (χ0v) is 18.4. The number of methoxy groups -OCH3 is 1. The molecule has 5 nitrogen and oxygen atoms in total. The van der Waals surface area contributed by atoms with Gasteiger partial charge in [0, 0.05) is 24.5 Å². The van der Waals surface area contributed by atoms with E-state index in [1.165, 1.54) is 32.1 Å². The number of rotatable bonds is 9. The molecule has 1 heterocycles. The molecule has 0 bridgehead atoms. The third kappa shape index (κ3) is 6.80. The maximum atomic E-state index is 12.7. The summed E-state index contributed by atoms with van der Waals surface area (Å²) in [6, 6.07) is 11.2. The third-order valence-electron chi connectivity index (χ3n) is 5.78. The molecule has 1 atom stereocenters. The van der Waals surface area contributed by atoms with Gasteiger partial charge in [0.25, 0.3) is 5.91 Å². The Kier molecular flexibility index (Phi) is 8.63. The molecule has 0 unspecified atom stereocenters. The fraction of sp³-hybridized carbons (Fsp3) is 0.458. The van der Waals surface area contributed by atoms with Crippen molar-refractivity contribution in [1.82, 2.24) is 15.6 Å². The number of thiocarbonyl (C=S) groups is 1. The van der Waals surface area contributed by atoms with Gasteiger partial charge >= 0.3 is 0 Å². The van der Waals surface area contributed by atoms with Gasteiger partial charge in [0.1, 0.15) is 5.75 Å². The first-order valence-electron chi connectivity index (χ1n) is 10.8. The number of pyridine rings is 1. The van der Waals surface area contributed by atoms with Crippen molar-refractivity contribution in [2.24, 2.45) is 5.92 Å². The molecule has 2 N–H and O–H groups in total. The van der Waals surface area contributed by atoms with E-state index in [-0.39, 0.29) is 11.9 Å². The predicted molar refractivity (Wildman–Crippen MR) is 124 cm³/mol. The molecule has 1 aliphatic carbocycles. The lowest BCUT2D eigenvalue weighted by atomic mass is 9.85. The number of benzene rings is 1. The number of carbonyl (C=O) groups excluding carboxylic acids is 1. The van der Waals surface area contributed by atoms with Gasteiger partial charge in [-0.3, -0.25) is 9.78 Å². The van der Waals surface area contributed by atoms with Gasteiger partial charge in [-0.15, -0.1) is 0 Å². The van der Waals surface area contributed by atoms with Gasteiger partial charge in [-0.2, -0.15) is 0 Å². The molecular formula is C24H31N3O2S. The van der Waals surface area contributed by atoms with E-state index in [0.29, 0.717) is 17.1 Å². The molecule has 1 aromatic carbocycles. The SMILES string of the molecule is COc1ccc(CNC(=S)[C@@H](CCC2CCCCC2)NC(=O)c2ccncc2)cc1. The highest BCUT2D eigenvalue weighted by atomic mass is 32.1. The van der Waals surface area contributed by atoms with Crippen molar-refractivity contribution in [2.45, 2.75) is 57.5 Å². The van der Waals surface area contributed by atoms with Crippen molar-refractivity contribution in [3.8, 4) is 5.75 Å². The van der Waals surface area contributed by atoms with Crippen LogP contribution in [-0.2, 0) is 6.54 Å². The minimum Gasteiger partial charge on any atom is -0.497 e. The number of ether oxygens (including phenoxy) is 1. The van der Waals surface area contributed by atoms with Gasteiger partial charge in [-0.05, 0) is 48.6 Å². The standard InChI is InChI=1S/C24H31N3O2S/c1-29-21-10-7-19(8-11-21)17-26-24(30)22(12-9-18-5-3-2-4-6-18)27-23(28)20-13-15-25-16-14-20/h7-8,10-11,13-16,18,22H,2-6,9,12,17H2,1H3,(H,26,30)(H,27,28)/t22-/m1/s1. The Bertz CT molecular complexity index is 805. The first-order chi connectivity index (χ1) is 14.7. The minimum atomic E-state index is -0.180. The van der Waals surface area contributed by atoms with Crippen molar-refractivity contribution in [2.75, 3.05) is 7.11 Å². The van der Waals surface area contributed by atoms with Crippen LogP contribution in [0.1, 0.15) is 60.9 Å². The van der Waals surface area contributed by atoms with E-state index in [1.54, 1.807) is 31.6 Å². The number of carbonyl (C=O) groups is 1. The molecule has 3 rings (SSSR count). The van der Waals surface area contributed by atoms with Gasteiger partial charge in [0.2, 0.25) is 0 Å². The van der Waals surface area contributed by atoms with Crippen LogP contribution in [0.15, 0.2) is 48.8 Å². The van der Waals surface area contributed by atoms with E-state index in [4.69, 9.17) is 17.0 Å². The number of hydrogen-bond donors (Lipinski definition) is 2.